The van der Waals surface area contributed by atoms with Crippen molar-refractivity contribution in [3.05, 3.63) is 28.0 Å². The molecule has 0 radical (unpaired) electrons. The third-order valence-electron chi connectivity index (χ3n) is 2.76. The van der Waals surface area contributed by atoms with Crippen LogP contribution in [0.4, 0.5) is 0 Å². The third kappa shape index (κ3) is 2.24. The van der Waals surface area contributed by atoms with Gasteiger partial charge in [0.2, 0.25) is 0 Å². The van der Waals surface area contributed by atoms with E-state index in [-0.39, 0.29) is 0 Å². The molecule has 0 spiro atoms. The molecule has 0 fully saturated rings. The van der Waals surface area contributed by atoms with E-state index in [2.05, 4.69) is 0 Å². The molecule has 0 saturated heterocycles. The lowest BCUT2D eigenvalue weighted by atomic mass is 10.3. The van der Waals surface area contributed by atoms with Gasteiger partial charge in [0.25, 0.3) is 0 Å². The summed E-state index contributed by atoms with van der Waals surface area (Å²) in [6.45, 7) is 0.563. The molecule has 4 nitrogen and oxygen atoms in total. The Morgan fingerprint density at radius 3 is 2.76 bits per heavy atom. The molecule has 0 aliphatic carbocycles. The number of hydroxylamine groups is 2. The molecule has 0 unspecified atom stereocenters. The van der Waals surface area contributed by atoms with Gasteiger partial charge in [0.1, 0.15) is 6.67 Å². The predicted molar refractivity (Wildman–Crippen MR) is 71.5 cm³/mol. The molecular weight excluding hydrogens is 258 g/mol. The van der Waals surface area contributed by atoms with Crippen LogP contribution in [0, 0.1) is 4.77 Å². The Morgan fingerprint density at radius 2 is 2.12 bits per heavy atom. The zero-order valence-electron chi connectivity index (χ0n) is 9.98. The van der Waals surface area contributed by atoms with Crippen LogP contribution in [0.3, 0.4) is 0 Å². The topological polar surface area (TPSA) is 22.3 Å². The molecule has 2 rings (SSSR count). The summed E-state index contributed by atoms with van der Waals surface area (Å²) in [6.07, 6.45) is 0. The SMILES string of the molecule is CON(C)Cn1c(=S)n(C)c2ccc(Cl)cc21. The summed E-state index contributed by atoms with van der Waals surface area (Å²) in [5.41, 5.74) is 2.07. The first kappa shape index (κ1) is 12.6. The lowest BCUT2D eigenvalue weighted by molar-refractivity contribution is -0.131. The van der Waals surface area contributed by atoms with E-state index >= 15 is 0 Å². The molecule has 0 amide bonds. The second kappa shape index (κ2) is 4.78. The van der Waals surface area contributed by atoms with Crippen LogP contribution in [-0.4, -0.2) is 28.4 Å². The van der Waals surface area contributed by atoms with Crippen molar-refractivity contribution < 1.29 is 4.84 Å². The summed E-state index contributed by atoms with van der Waals surface area (Å²) in [6, 6.07) is 5.75. The highest BCUT2D eigenvalue weighted by Gasteiger charge is 2.09. The average Bonchev–Trinajstić information content (AvgIpc) is 2.54. The van der Waals surface area contributed by atoms with Crippen LogP contribution in [0.15, 0.2) is 18.2 Å². The van der Waals surface area contributed by atoms with Gasteiger partial charge < -0.3 is 14.0 Å². The van der Waals surface area contributed by atoms with Gasteiger partial charge in [-0.1, -0.05) is 11.6 Å². The van der Waals surface area contributed by atoms with E-state index in [1.54, 1.807) is 12.2 Å². The number of hydrogen-bond donors (Lipinski definition) is 0. The summed E-state index contributed by atoms with van der Waals surface area (Å²) in [7, 11) is 5.43. The molecule has 0 aliphatic heterocycles. The van der Waals surface area contributed by atoms with E-state index in [0.29, 0.717) is 11.7 Å². The van der Waals surface area contributed by atoms with E-state index in [1.165, 1.54) is 0 Å². The van der Waals surface area contributed by atoms with Crippen molar-refractivity contribution in [2.75, 3.05) is 14.2 Å². The highest BCUT2D eigenvalue weighted by atomic mass is 35.5. The monoisotopic (exact) mass is 271 g/mol. The smallest absolute Gasteiger partial charge is 0.181 e. The van der Waals surface area contributed by atoms with Gasteiger partial charge in [0.05, 0.1) is 18.1 Å². The lowest BCUT2D eigenvalue weighted by Gasteiger charge is -2.14. The summed E-state index contributed by atoms with van der Waals surface area (Å²) in [4.78, 5) is 5.12. The van der Waals surface area contributed by atoms with Crippen molar-refractivity contribution >= 4 is 34.9 Å². The lowest BCUT2D eigenvalue weighted by Crippen LogP contribution is -2.20. The van der Waals surface area contributed by atoms with Crippen LogP contribution in [0.25, 0.3) is 11.0 Å². The Morgan fingerprint density at radius 1 is 1.41 bits per heavy atom. The second-order valence-electron chi connectivity index (χ2n) is 3.85. The molecule has 0 atom stereocenters. The van der Waals surface area contributed by atoms with E-state index in [4.69, 9.17) is 28.7 Å². The number of fused-ring (bicyclic) bond motifs is 1. The van der Waals surface area contributed by atoms with Crippen LogP contribution in [0.1, 0.15) is 0 Å². The molecule has 92 valence electrons. The van der Waals surface area contributed by atoms with Crippen LogP contribution in [0.2, 0.25) is 5.02 Å². The molecule has 1 aromatic carbocycles. The maximum absolute atomic E-state index is 6.02. The largest absolute Gasteiger partial charge is 0.320 e. The third-order valence-corrected chi connectivity index (χ3v) is 3.49. The first-order valence-electron chi connectivity index (χ1n) is 5.14. The number of aryl methyl sites for hydroxylation is 1. The molecule has 17 heavy (non-hydrogen) atoms. The Labute approximate surface area is 110 Å². The van der Waals surface area contributed by atoms with Gasteiger partial charge in [-0.05, 0) is 30.4 Å². The number of benzene rings is 1. The molecule has 2 aromatic rings. The maximum atomic E-state index is 6.02. The van der Waals surface area contributed by atoms with Gasteiger partial charge in [0, 0.05) is 19.1 Å². The molecule has 0 saturated carbocycles. The van der Waals surface area contributed by atoms with E-state index in [0.717, 1.165) is 15.8 Å². The summed E-state index contributed by atoms with van der Waals surface area (Å²) < 4.78 is 4.69. The molecule has 6 heteroatoms. The first-order chi connectivity index (χ1) is 8.04. The van der Waals surface area contributed by atoms with Gasteiger partial charge in [0.15, 0.2) is 4.77 Å². The van der Waals surface area contributed by atoms with Crippen molar-refractivity contribution in [1.29, 1.82) is 0 Å². The zero-order chi connectivity index (χ0) is 12.6. The van der Waals surface area contributed by atoms with E-state index < -0.39 is 0 Å². The minimum absolute atomic E-state index is 0.563. The van der Waals surface area contributed by atoms with Crippen molar-refractivity contribution in [2.45, 2.75) is 6.67 Å². The summed E-state index contributed by atoms with van der Waals surface area (Å²) >= 11 is 11.4. The Bertz CT molecular complexity index is 605. The van der Waals surface area contributed by atoms with E-state index in [1.807, 2.05) is 41.4 Å². The van der Waals surface area contributed by atoms with Gasteiger partial charge in [-0.25, -0.2) is 0 Å². The summed E-state index contributed by atoms with van der Waals surface area (Å²) in [5.74, 6) is 0. The fraction of sp³-hybridized carbons (Fsp3) is 0.364. The number of aromatic nitrogens is 2. The number of nitrogens with zero attached hydrogens (tertiary/aromatic N) is 3. The summed E-state index contributed by atoms with van der Waals surface area (Å²) in [5, 5.41) is 2.41. The van der Waals surface area contributed by atoms with Gasteiger partial charge in [-0.15, -0.1) is 0 Å². The number of imidazole rings is 1. The quantitative estimate of drug-likeness (QED) is 0.633. The fourth-order valence-corrected chi connectivity index (χ4v) is 2.20. The predicted octanol–water partition coefficient (Wildman–Crippen LogP) is 2.81. The molecular formula is C11H14ClN3OS. The zero-order valence-corrected chi connectivity index (χ0v) is 11.5. The van der Waals surface area contributed by atoms with Crippen LogP contribution < -0.4 is 0 Å². The molecule has 1 aromatic heterocycles. The van der Waals surface area contributed by atoms with E-state index in [9.17, 15) is 0 Å². The van der Waals surface area contributed by atoms with Crippen molar-refractivity contribution in [3.8, 4) is 0 Å². The number of halogens is 1. The molecule has 1 heterocycles. The van der Waals surface area contributed by atoms with Crippen molar-refractivity contribution in [2.24, 2.45) is 7.05 Å². The van der Waals surface area contributed by atoms with Crippen LogP contribution in [-0.2, 0) is 18.6 Å². The number of rotatable bonds is 3. The Kier molecular flexibility index (Phi) is 3.53. The Hall–Kier alpha value is -0.880. The second-order valence-corrected chi connectivity index (χ2v) is 4.66. The molecule has 0 N–H and O–H groups in total. The molecule has 0 bridgehead atoms. The minimum atomic E-state index is 0.563. The van der Waals surface area contributed by atoms with Crippen molar-refractivity contribution in [3.63, 3.8) is 0 Å². The highest BCUT2D eigenvalue weighted by molar-refractivity contribution is 7.71. The van der Waals surface area contributed by atoms with Crippen molar-refractivity contribution in [1.82, 2.24) is 14.2 Å². The fourth-order valence-electron chi connectivity index (χ4n) is 1.78. The van der Waals surface area contributed by atoms with Gasteiger partial charge in [-0.3, -0.25) is 0 Å². The van der Waals surface area contributed by atoms with Gasteiger partial charge in [-0.2, -0.15) is 5.06 Å². The maximum Gasteiger partial charge on any atom is 0.181 e. The highest BCUT2D eigenvalue weighted by Crippen LogP contribution is 2.21. The number of hydrogen-bond acceptors (Lipinski definition) is 3. The Balaban J connectivity index is 2.64. The van der Waals surface area contributed by atoms with Gasteiger partial charge >= 0.3 is 0 Å². The first-order valence-corrected chi connectivity index (χ1v) is 5.93. The molecule has 0 aliphatic rings. The minimum Gasteiger partial charge on any atom is -0.320 e. The van der Waals surface area contributed by atoms with Crippen LogP contribution in [0.5, 0.6) is 0 Å². The standard InChI is InChI=1S/C11H14ClN3OS/c1-13(16-3)7-15-10-6-8(12)4-5-9(10)14(2)11(15)17/h4-6H,7H2,1-3H3. The normalized spacial score (nSPS) is 11.6. The average molecular weight is 272 g/mol. The van der Waals surface area contributed by atoms with Crippen LogP contribution >= 0.6 is 23.8 Å².